The monoisotopic (exact) mass is 703 g/mol. The van der Waals surface area contributed by atoms with Gasteiger partial charge in [-0.1, -0.05) is 133 Å². The van der Waals surface area contributed by atoms with E-state index in [-0.39, 0.29) is 0 Å². The van der Waals surface area contributed by atoms with Gasteiger partial charge < -0.3 is 13.7 Å². The molecule has 3 heteroatoms. The highest BCUT2D eigenvalue weighted by Crippen LogP contribution is 2.41. The third-order valence-electron chi connectivity index (χ3n) is 10.9. The van der Waals surface area contributed by atoms with Crippen LogP contribution < -0.4 is 4.90 Å². The molecule has 0 radical (unpaired) electrons. The molecule has 0 fully saturated rings. The van der Waals surface area contributed by atoms with Crippen LogP contribution >= 0.6 is 0 Å². The van der Waals surface area contributed by atoms with Crippen LogP contribution in [0.2, 0.25) is 0 Å². The molecule has 0 amide bonds. The molecule has 258 valence electrons. The molecular formula is C52H33NO2. The molecule has 0 unspecified atom stereocenters. The number of rotatable bonds is 6. The van der Waals surface area contributed by atoms with Gasteiger partial charge in [0.25, 0.3) is 0 Å². The van der Waals surface area contributed by atoms with Gasteiger partial charge in [0.2, 0.25) is 0 Å². The molecule has 2 heterocycles. The Labute approximate surface area is 317 Å². The molecule has 0 aliphatic carbocycles. The first-order valence-corrected chi connectivity index (χ1v) is 18.7. The van der Waals surface area contributed by atoms with Gasteiger partial charge in [-0.2, -0.15) is 0 Å². The SMILES string of the molecule is c1cc(-c2ccc3ccccc3c2)cc(N(c2ccc(-c3ccc4c(c3)oc3ccccc34)cc2)c2ccc(-c3cccc4c3oc3ccccc34)cc2)c1. The first kappa shape index (κ1) is 31.2. The summed E-state index contributed by atoms with van der Waals surface area (Å²) in [6.45, 7) is 0. The molecule has 0 spiro atoms. The fraction of sp³-hybridized carbons (Fsp3) is 0. The van der Waals surface area contributed by atoms with E-state index in [0.29, 0.717) is 0 Å². The van der Waals surface area contributed by atoms with Crippen LogP contribution in [0, 0.1) is 0 Å². The Morgan fingerprint density at radius 1 is 0.291 bits per heavy atom. The lowest BCUT2D eigenvalue weighted by molar-refractivity contribution is 0.669. The van der Waals surface area contributed by atoms with E-state index in [1.807, 2.05) is 24.3 Å². The molecule has 11 aromatic rings. The molecule has 0 saturated carbocycles. The lowest BCUT2D eigenvalue weighted by atomic mass is 9.99. The highest BCUT2D eigenvalue weighted by molar-refractivity contribution is 6.09. The molecule has 0 atom stereocenters. The summed E-state index contributed by atoms with van der Waals surface area (Å²) < 4.78 is 12.6. The highest BCUT2D eigenvalue weighted by Gasteiger charge is 2.17. The highest BCUT2D eigenvalue weighted by atomic mass is 16.3. The zero-order chi connectivity index (χ0) is 36.3. The van der Waals surface area contributed by atoms with Crippen molar-refractivity contribution in [2.75, 3.05) is 4.90 Å². The summed E-state index contributed by atoms with van der Waals surface area (Å²) in [5.41, 5.74) is 13.6. The average molecular weight is 704 g/mol. The second kappa shape index (κ2) is 12.6. The molecule has 0 N–H and O–H groups in total. The molecule has 2 aromatic heterocycles. The Hall–Kier alpha value is -7.36. The van der Waals surface area contributed by atoms with Crippen LogP contribution in [0.3, 0.4) is 0 Å². The van der Waals surface area contributed by atoms with Crippen molar-refractivity contribution in [3.63, 3.8) is 0 Å². The number of hydrogen-bond acceptors (Lipinski definition) is 3. The van der Waals surface area contributed by atoms with E-state index < -0.39 is 0 Å². The summed E-state index contributed by atoms with van der Waals surface area (Å²) in [5, 5.41) is 7.00. The molecule has 0 aliphatic rings. The Bertz CT molecular complexity index is 3200. The standard InChI is InChI=1S/C52H33NO2/c1-2-10-37-31-39(20-19-34(37)9-1)38-11-7-12-43(32-38)53(41-26-21-35(22-27-41)40-25-30-47-45-13-3-5-17-49(45)54-51(47)33-40)42-28-23-36(24-29-42)44-15-8-16-48-46-14-4-6-18-50(46)55-52(44)48/h1-33H. The van der Waals surface area contributed by atoms with Crippen molar-refractivity contribution >= 4 is 71.7 Å². The normalized spacial score (nSPS) is 11.6. The summed E-state index contributed by atoms with van der Waals surface area (Å²) in [6, 6.07) is 71.1. The van der Waals surface area contributed by atoms with E-state index in [4.69, 9.17) is 8.83 Å². The zero-order valence-electron chi connectivity index (χ0n) is 29.8. The second-order valence-electron chi connectivity index (χ2n) is 14.1. The summed E-state index contributed by atoms with van der Waals surface area (Å²) in [5.74, 6) is 0. The van der Waals surface area contributed by atoms with Crippen LogP contribution in [0.25, 0.3) is 88.0 Å². The Balaban J connectivity index is 1.00. The average Bonchev–Trinajstić information content (AvgIpc) is 3.82. The molecule has 3 nitrogen and oxygen atoms in total. The quantitative estimate of drug-likeness (QED) is 0.173. The van der Waals surface area contributed by atoms with Gasteiger partial charge >= 0.3 is 0 Å². The molecule has 0 aliphatic heterocycles. The topological polar surface area (TPSA) is 29.5 Å². The third-order valence-corrected chi connectivity index (χ3v) is 10.9. The molecule has 0 saturated heterocycles. The van der Waals surface area contributed by atoms with Gasteiger partial charge in [-0.3, -0.25) is 0 Å². The van der Waals surface area contributed by atoms with Gasteiger partial charge in [0, 0.05) is 44.2 Å². The van der Waals surface area contributed by atoms with Gasteiger partial charge in [-0.15, -0.1) is 0 Å². The fourth-order valence-electron chi connectivity index (χ4n) is 8.11. The maximum atomic E-state index is 6.41. The number of para-hydroxylation sites is 3. The van der Waals surface area contributed by atoms with Crippen LogP contribution in [-0.2, 0) is 0 Å². The van der Waals surface area contributed by atoms with Gasteiger partial charge in [0.1, 0.15) is 22.3 Å². The molecular weight excluding hydrogens is 671 g/mol. The number of fused-ring (bicyclic) bond motifs is 7. The maximum Gasteiger partial charge on any atom is 0.143 e. The van der Waals surface area contributed by atoms with Crippen LogP contribution in [0.15, 0.2) is 209 Å². The predicted molar refractivity (Wildman–Crippen MR) is 229 cm³/mol. The lowest BCUT2D eigenvalue weighted by Gasteiger charge is -2.26. The maximum absolute atomic E-state index is 6.41. The Morgan fingerprint density at radius 2 is 0.855 bits per heavy atom. The number of anilines is 3. The Kier molecular flexibility index (Phi) is 7.17. The van der Waals surface area contributed by atoms with Crippen molar-refractivity contribution < 1.29 is 8.83 Å². The molecule has 9 aromatic carbocycles. The van der Waals surface area contributed by atoms with Crippen LogP contribution in [0.4, 0.5) is 17.1 Å². The minimum atomic E-state index is 0.897. The first-order chi connectivity index (χ1) is 27.2. The summed E-state index contributed by atoms with van der Waals surface area (Å²) in [7, 11) is 0. The Morgan fingerprint density at radius 3 is 1.65 bits per heavy atom. The largest absolute Gasteiger partial charge is 0.456 e. The summed E-state index contributed by atoms with van der Waals surface area (Å²) in [4.78, 5) is 2.34. The lowest BCUT2D eigenvalue weighted by Crippen LogP contribution is -2.10. The molecule has 0 bridgehead atoms. The van der Waals surface area contributed by atoms with Gasteiger partial charge in [-0.25, -0.2) is 0 Å². The van der Waals surface area contributed by atoms with E-state index in [0.717, 1.165) is 88.8 Å². The minimum absolute atomic E-state index is 0.897. The van der Waals surface area contributed by atoms with E-state index >= 15 is 0 Å². The molecule has 11 rings (SSSR count). The van der Waals surface area contributed by atoms with Crippen molar-refractivity contribution in [2.24, 2.45) is 0 Å². The predicted octanol–water partition coefficient (Wildman–Crippen LogP) is 15.1. The van der Waals surface area contributed by atoms with Crippen molar-refractivity contribution in [3.8, 4) is 33.4 Å². The van der Waals surface area contributed by atoms with Crippen molar-refractivity contribution in [1.82, 2.24) is 0 Å². The fourth-order valence-corrected chi connectivity index (χ4v) is 8.11. The van der Waals surface area contributed by atoms with E-state index in [1.165, 1.54) is 16.3 Å². The van der Waals surface area contributed by atoms with E-state index in [2.05, 4.69) is 181 Å². The van der Waals surface area contributed by atoms with Gasteiger partial charge in [0.15, 0.2) is 0 Å². The van der Waals surface area contributed by atoms with Crippen molar-refractivity contribution in [3.05, 3.63) is 200 Å². The summed E-state index contributed by atoms with van der Waals surface area (Å²) >= 11 is 0. The third kappa shape index (κ3) is 5.36. The van der Waals surface area contributed by atoms with Crippen molar-refractivity contribution in [1.29, 1.82) is 0 Å². The smallest absolute Gasteiger partial charge is 0.143 e. The van der Waals surface area contributed by atoms with Crippen molar-refractivity contribution in [2.45, 2.75) is 0 Å². The van der Waals surface area contributed by atoms with Crippen LogP contribution in [-0.4, -0.2) is 0 Å². The van der Waals surface area contributed by atoms with E-state index in [1.54, 1.807) is 0 Å². The minimum Gasteiger partial charge on any atom is -0.456 e. The van der Waals surface area contributed by atoms with Gasteiger partial charge in [0.05, 0.1) is 0 Å². The number of benzene rings is 9. The zero-order valence-corrected chi connectivity index (χ0v) is 29.8. The van der Waals surface area contributed by atoms with Gasteiger partial charge in [-0.05, 0) is 105 Å². The summed E-state index contributed by atoms with van der Waals surface area (Å²) in [6.07, 6.45) is 0. The number of furan rings is 2. The van der Waals surface area contributed by atoms with E-state index in [9.17, 15) is 0 Å². The second-order valence-corrected chi connectivity index (χ2v) is 14.1. The van der Waals surface area contributed by atoms with Crippen LogP contribution in [0.1, 0.15) is 0 Å². The van der Waals surface area contributed by atoms with Crippen LogP contribution in [0.5, 0.6) is 0 Å². The molecule has 55 heavy (non-hydrogen) atoms. The first-order valence-electron chi connectivity index (χ1n) is 18.7. The number of hydrogen-bond donors (Lipinski definition) is 0. The number of nitrogens with zero attached hydrogens (tertiary/aromatic N) is 1.